The highest BCUT2D eigenvalue weighted by Gasteiger charge is 2.05. The summed E-state index contributed by atoms with van der Waals surface area (Å²) < 4.78 is 13.2. The molecule has 0 aliphatic carbocycles. The van der Waals surface area contributed by atoms with E-state index >= 15 is 0 Å². The number of amides is 1. The van der Waals surface area contributed by atoms with Gasteiger partial charge in [-0.15, -0.1) is 12.4 Å². The summed E-state index contributed by atoms with van der Waals surface area (Å²) in [6.07, 6.45) is 0. The average Bonchev–Trinajstić information content (AvgIpc) is 2.30. The summed E-state index contributed by atoms with van der Waals surface area (Å²) in [4.78, 5) is 11.1. The van der Waals surface area contributed by atoms with Crippen molar-refractivity contribution in [2.24, 2.45) is 5.73 Å². The van der Waals surface area contributed by atoms with E-state index in [4.69, 9.17) is 5.73 Å². The number of rotatable bonds is 6. The molecule has 0 radical (unpaired) electrons. The Morgan fingerprint density at radius 2 is 2.17 bits per heavy atom. The van der Waals surface area contributed by atoms with Crippen molar-refractivity contribution in [3.05, 3.63) is 35.6 Å². The maximum atomic E-state index is 13.2. The van der Waals surface area contributed by atoms with Gasteiger partial charge in [-0.3, -0.25) is 4.79 Å². The van der Waals surface area contributed by atoms with E-state index in [9.17, 15) is 9.18 Å². The first kappa shape index (κ1) is 17.2. The van der Waals surface area contributed by atoms with Gasteiger partial charge in [-0.2, -0.15) is 11.8 Å². The van der Waals surface area contributed by atoms with Crippen LogP contribution in [0.3, 0.4) is 0 Å². The zero-order valence-electron chi connectivity index (χ0n) is 10.2. The number of benzene rings is 1. The van der Waals surface area contributed by atoms with Crippen molar-refractivity contribution in [1.82, 2.24) is 5.32 Å². The summed E-state index contributed by atoms with van der Waals surface area (Å²) in [5, 5.41) is 2.70. The van der Waals surface area contributed by atoms with Crippen molar-refractivity contribution in [3.8, 4) is 0 Å². The first-order valence-electron chi connectivity index (χ1n) is 5.45. The van der Waals surface area contributed by atoms with Gasteiger partial charge in [-0.1, -0.05) is 18.2 Å². The highest BCUT2D eigenvalue weighted by atomic mass is 35.5. The molecule has 0 aliphatic heterocycles. The third-order valence-electron chi connectivity index (χ3n) is 2.17. The third kappa shape index (κ3) is 6.23. The number of carbonyl (C=O) groups excluding carboxylic acids is 1. The molecule has 0 aliphatic rings. The minimum absolute atomic E-state index is 0. The fourth-order valence-corrected chi connectivity index (χ4v) is 2.05. The zero-order valence-corrected chi connectivity index (χ0v) is 11.8. The van der Waals surface area contributed by atoms with Gasteiger partial charge in [0.15, 0.2) is 0 Å². The molecule has 0 unspecified atom stereocenters. The van der Waals surface area contributed by atoms with Crippen LogP contribution in [0.2, 0.25) is 0 Å². The normalized spacial score (nSPS) is 11.5. The predicted octanol–water partition coefficient (Wildman–Crippen LogP) is 1.94. The van der Waals surface area contributed by atoms with Gasteiger partial charge >= 0.3 is 0 Å². The van der Waals surface area contributed by atoms with Crippen LogP contribution in [-0.2, 0) is 10.5 Å². The first-order chi connectivity index (χ1) is 8.11. The maximum Gasteiger partial charge on any atom is 0.236 e. The lowest BCUT2D eigenvalue weighted by atomic mass is 10.2. The second-order valence-electron chi connectivity index (χ2n) is 3.72. The Morgan fingerprint density at radius 3 is 2.78 bits per heavy atom. The van der Waals surface area contributed by atoms with Gasteiger partial charge in [0.1, 0.15) is 5.82 Å². The van der Waals surface area contributed by atoms with Crippen molar-refractivity contribution >= 4 is 30.1 Å². The monoisotopic (exact) mass is 292 g/mol. The Hall–Kier alpha value is -0.780. The summed E-state index contributed by atoms with van der Waals surface area (Å²) in [7, 11) is 0. The van der Waals surface area contributed by atoms with Crippen molar-refractivity contribution in [2.45, 2.75) is 18.7 Å². The highest BCUT2D eigenvalue weighted by Crippen LogP contribution is 2.14. The first-order valence-corrected chi connectivity index (χ1v) is 6.61. The van der Waals surface area contributed by atoms with Crippen molar-refractivity contribution < 1.29 is 9.18 Å². The molecule has 6 heteroatoms. The molecule has 1 atom stereocenters. The predicted molar refractivity (Wildman–Crippen MR) is 76.5 cm³/mol. The number of carbonyl (C=O) groups is 1. The molecule has 0 bridgehead atoms. The Labute approximate surface area is 117 Å². The molecule has 0 saturated carbocycles. The zero-order chi connectivity index (χ0) is 12.7. The summed E-state index contributed by atoms with van der Waals surface area (Å²) >= 11 is 1.58. The SMILES string of the molecule is C[C@@H](N)C(=O)NCCSCc1ccccc1F.Cl. The summed E-state index contributed by atoms with van der Waals surface area (Å²) in [5.74, 6) is 1.02. The molecule has 1 aromatic carbocycles. The summed E-state index contributed by atoms with van der Waals surface area (Å²) in [6.45, 7) is 2.20. The quantitative estimate of drug-likeness (QED) is 0.788. The molecule has 0 fully saturated rings. The standard InChI is InChI=1S/C12H17FN2OS.ClH/c1-9(14)12(16)15-6-7-17-8-10-4-2-3-5-11(10)13;/h2-5,9H,6-8,14H2,1H3,(H,15,16);1H/t9-;/m1./s1. The lowest BCUT2D eigenvalue weighted by molar-refractivity contribution is -0.121. The second kappa shape index (κ2) is 9.19. The number of nitrogens with two attached hydrogens (primary N) is 1. The van der Waals surface area contributed by atoms with Gasteiger partial charge < -0.3 is 11.1 Å². The molecule has 1 rings (SSSR count). The Kier molecular flexibility index (Phi) is 8.79. The van der Waals surface area contributed by atoms with Gasteiger partial charge in [-0.05, 0) is 18.6 Å². The van der Waals surface area contributed by atoms with Crippen LogP contribution in [0.25, 0.3) is 0 Å². The van der Waals surface area contributed by atoms with Crippen LogP contribution < -0.4 is 11.1 Å². The number of hydrogen-bond donors (Lipinski definition) is 2. The topological polar surface area (TPSA) is 55.1 Å². The van der Waals surface area contributed by atoms with Crippen molar-refractivity contribution in [1.29, 1.82) is 0 Å². The molecular formula is C12H18ClFN2OS. The van der Waals surface area contributed by atoms with Crippen LogP contribution in [0, 0.1) is 5.82 Å². The molecule has 1 amide bonds. The van der Waals surface area contributed by atoms with Crippen LogP contribution in [-0.4, -0.2) is 24.2 Å². The molecule has 0 saturated heterocycles. The van der Waals surface area contributed by atoms with E-state index in [1.165, 1.54) is 6.07 Å². The highest BCUT2D eigenvalue weighted by molar-refractivity contribution is 7.98. The number of nitrogens with one attached hydrogen (secondary N) is 1. The van der Waals surface area contributed by atoms with Crippen molar-refractivity contribution in [2.75, 3.05) is 12.3 Å². The van der Waals surface area contributed by atoms with Gasteiger partial charge in [0.05, 0.1) is 6.04 Å². The lowest BCUT2D eigenvalue weighted by Gasteiger charge is -2.07. The number of thioether (sulfide) groups is 1. The Morgan fingerprint density at radius 1 is 1.50 bits per heavy atom. The van der Waals surface area contributed by atoms with Crippen LogP contribution in [0.5, 0.6) is 0 Å². The van der Waals surface area contributed by atoms with Gasteiger partial charge in [0, 0.05) is 18.1 Å². The van der Waals surface area contributed by atoms with E-state index in [0.717, 1.165) is 5.75 Å². The van der Waals surface area contributed by atoms with Crippen LogP contribution in [0.1, 0.15) is 12.5 Å². The van der Waals surface area contributed by atoms with E-state index in [1.54, 1.807) is 30.8 Å². The summed E-state index contributed by atoms with van der Waals surface area (Å²) in [6, 6.07) is 6.23. The largest absolute Gasteiger partial charge is 0.354 e. The van der Waals surface area contributed by atoms with E-state index in [0.29, 0.717) is 17.9 Å². The number of hydrogen-bond acceptors (Lipinski definition) is 3. The average molecular weight is 293 g/mol. The van der Waals surface area contributed by atoms with E-state index in [-0.39, 0.29) is 24.1 Å². The maximum absolute atomic E-state index is 13.2. The molecule has 102 valence electrons. The minimum atomic E-state index is -0.480. The van der Waals surface area contributed by atoms with Crippen LogP contribution in [0.15, 0.2) is 24.3 Å². The van der Waals surface area contributed by atoms with E-state index in [2.05, 4.69) is 5.32 Å². The molecule has 1 aromatic rings. The minimum Gasteiger partial charge on any atom is -0.354 e. The molecule has 0 aromatic heterocycles. The molecule has 3 N–H and O–H groups in total. The smallest absolute Gasteiger partial charge is 0.236 e. The molecular weight excluding hydrogens is 275 g/mol. The molecule has 0 heterocycles. The fraction of sp³-hybridized carbons (Fsp3) is 0.417. The van der Waals surface area contributed by atoms with Gasteiger partial charge in [0.2, 0.25) is 5.91 Å². The van der Waals surface area contributed by atoms with E-state index < -0.39 is 6.04 Å². The molecule has 18 heavy (non-hydrogen) atoms. The number of halogens is 2. The van der Waals surface area contributed by atoms with Crippen LogP contribution in [0.4, 0.5) is 4.39 Å². The second-order valence-corrected chi connectivity index (χ2v) is 4.83. The van der Waals surface area contributed by atoms with E-state index in [1.807, 2.05) is 6.07 Å². The van der Waals surface area contributed by atoms with Gasteiger partial charge in [-0.25, -0.2) is 4.39 Å². The summed E-state index contributed by atoms with van der Waals surface area (Å²) in [5.41, 5.74) is 6.08. The molecule has 0 spiro atoms. The van der Waals surface area contributed by atoms with Crippen molar-refractivity contribution in [3.63, 3.8) is 0 Å². The fourth-order valence-electron chi connectivity index (χ4n) is 1.20. The Bertz CT molecular complexity index is 377. The lowest BCUT2D eigenvalue weighted by Crippen LogP contribution is -2.39. The van der Waals surface area contributed by atoms with Gasteiger partial charge in [0.25, 0.3) is 0 Å². The molecule has 3 nitrogen and oxygen atoms in total. The van der Waals surface area contributed by atoms with Crippen LogP contribution >= 0.6 is 24.2 Å². The third-order valence-corrected chi connectivity index (χ3v) is 3.18. The Balaban J connectivity index is 0.00000289.